The minimum absolute atomic E-state index is 0.0584. The van der Waals surface area contributed by atoms with Gasteiger partial charge in [-0.15, -0.1) is 0 Å². The molecule has 272 valence electrons. The van der Waals surface area contributed by atoms with Crippen LogP contribution >= 0.6 is 0 Å². The number of halogens is 8. The molecule has 0 radical (unpaired) electrons. The van der Waals surface area contributed by atoms with Crippen molar-refractivity contribution in [3.63, 3.8) is 0 Å². The molecule has 4 nitrogen and oxygen atoms in total. The first-order valence-electron chi connectivity index (χ1n) is 17.1. The second-order valence-corrected chi connectivity index (χ2v) is 13.0. The maximum absolute atomic E-state index is 15.7. The number of hydrogen-bond donors (Lipinski definition) is 4. The minimum atomic E-state index is -0.943. The van der Waals surface area contributed by atoms with E-state index in [1.807, 2.05) is 0 Å². The van der Waals surface area contributed by atoms with Crippen LogP contribution in [0, 0.1) is 70.2 Å². The molecule has 0 fully saturated rings. The van der Waals surface area contributed by atoms with Crippen molar-refractivity contribution in [3.05, 3.63) is 259 Å². The van der Waals surface area contributed by atoms with Gasteiger partial charge < -0.3 is 19.9 Å². The number of benzene rings is 4. The van der Waals surface area contributed by atoms with Gasteiger partial charge in [-0.3, -0.25) is 0 Å². The maximum atomic E-state index is 15.7. The number of hydrogen-bond acceptors (Lipinski definition) is 0. The van der Waals surface area contributed by atoms with Crippen LogP contribution in [0.25, 0.3) is 0 Å². The Morgan fingerprint density at radius 2 is 0.375 bits per heavy atom. The number of H-pyrrole nitrogens is 4. The SMILES string of the molecule is Fc1cccc(F)c1[C+]1c2ccc([nH]2)[C+](c2c(F)cccc2F)c2ccc([nH]2)[C+](c2c(F)cccc2F)c2ccc([nH]2)[C+](c2c(F)cccc2F)c2ccc1[nH]2. The second kappa shape index (κ2) is 13.3. The summed E-state index contributed by atoms with van der Waals surface area (Å²) in [4.78, 5) is 12.3. The van der Waals surface area contributed by atoms with E-state index < -0.39 is 68.8 Å². The van der Waals surface area contributed by atoms with Crippen LogP contribution in [0.1, 0.15) is 67.8 Å². The Balaban J connectivity index is 1.36. The van der Waals surface area contributed by atoms with Gasteiger partial charge in [-0.05, 0) is 24.3 Å². The van der Waals surface area contributed by atoms with Crippen molar-refractivity contribution in [2.45, 2.75) is 0 Å². The van der Waals surface area contributed by atoms with E-state index in [1.54, 1.807) is 0 Å². The number of aromatic amines is 4. The highest BCUT2D eigenvalue weighted by Crippen LogP contribution is 2.43. The largest absolute Gasteiger partial charge is 0.327 e. The summed E-state index contributed by atoms with van der Waals surface area (Å²) in [5.41, 5.74) is -1.16. The molecule has 12 heteroatoms. The first-order chi connectivity index (χ1) is 27.1. The Bertz CT molecular complexity index is 2230. The zero-order chi connectivity index (χ0) is 38.8. The highest BCUT2D eigenvalue weighted by molar-refractivity contribution is 5.64. The molecule has 0 atom stereocenters. The lowest BCUT2D eigenvalue weighted by Crippen LogP contribution is -2.15. The van der Waals surface area contributed by atoms with Crippen LogP contribution < -0.4 is 0 Å². The summed E-state index contributed by atoms with van der Waals surface area (Å²) in [5, 5.41) is 0. The third-order valence-electron chi connectivity index (χ3n) is 9.75. The maximum Gasteiger partial charge on any atom is 0.200 e. The van der Waals surface area contributed by atoms with Crippen LogP contribution in [0.5, 0.6) is 0 Å². The highest BCUT2D eigenvalue weighted by atomic mass is 19.2. The summed E-state index contributed by atoms with van der Waals surface area (Å²) < 4.78 is 126. The Kier molecular flexibility index (Phi) is 8.26. The smallest absolute Gasteiger partial charge is 0.200 e. The van der Waals surface area contributed by atoms with Gasteiger partial charge in [0.2, 0.25) is 0 Å². The molecule has 0 amide bonds. The second-order valence-electron chi connectivity index (χ2n) is 13.0. The van der Waals surface area contributed by atoms with Gasteiger partial charge in [-0.25, -0.2) is 0 Å². The Morgan fingerprint density at radius 3 is 0.518 bits per heavy atom. The van der Waals surface area contributed by atoms with Crippen molar-refractivity contribution in [1.82, 2.24) is 19.9 Å². The molecular formula is C44H24F8N4+4. The Morgan fingerprint density at radius 1 is 0.232 bits per heavy atom. The topological polar surface area (TPSA) is 63.2 Å². The molecule has 1 aliphatic rings. The van der Waals surface area contributed by atoms with Crippen molar-refractivity contribution in [3.8, 4) is 0 Å². The normalized spacial score (nSPS) is 12.9. The monoisotopic (exact) mass is 760 g/mol. The quantitative estimate of drug-likeness (QED) is 0.102. The zero-order valence-corrected chi connectivity index (χ0v) is 28.6. The predicted octanol–water partition coefficient (Wildman–Crippen LogP) is 10.5. The molecule has 8 aromatic rings. The molecule has 0 spiro atoms. The van der Waals surface area contributed by atoms with E-state index in [0.29, 0.717) is 0 Å². The molecule has 4 aromatic heterocycles. The Hall–Kier alpha value is -7.08. The highest BCUT2D eigenvalue weighted by Gasteiger charge is 2.43. The van der Waals surface area contributed by atoms with Gasteiger partial charge >= 0.3 is 0 Å². The molecule has 0 saturated carbocycles. The summed E-state index contributed by atoms with van der Waals surface area (Å²) in [6, 6.07) is 24.9. The van der Waals surface area contributed by atoms with Crippen LogP contribution in [0.3, 0.4) is 0 Å². The number of fused-ring (bicyclic) bond motifs is 8. The van der Waals surface area contributed by atoms with Crippen LogP contribution in [0.15, 0.2) is 121 Å². The molecule has 5 heterocycles. The van der Waals surface area contributed by atoms with Crippen molar-refractivity contribution >= 4 is 0 Å². The fraction of sp³-hybridized carbons (Fsp3) is 0. The number of aromatic nitrogens is 4. The molecule has 1 aliphatic heterocycles. The molecule has 0 unspecified atom stereocenters. The van der Waals surface area contributed by atoms with E-state index in [2.05, 4.69) is 19.9 Å². The van der Waals surface area contributed by atoms with E-state index >= 15 is 35.1 Å². The molecule has 4 aromatic carbocycles. The van der Waals surface area contributed by atoms with Gasteiger partial charge in [0, 0.05) is 48.5 Å². The van der Waals surface area contributed by atoms with Gasteiger partial charge in [0.25, 0.3) is 0 Å². The van der Waals surface area contributed by atoms with Gasteiger partial charge in [0.05, 0.1) is 48.5 Å². The van der Waals surface area contributed by atoms with E-state index in [4.69, 9.17) is 0 Å². The molecule has 0 saturated heterocycles. The van der Waals surface area contributed by atoms with Crippen molar-refractivity contribution in [2.75, 3.05) is 0 Å². The lowest BCUT2D eigenvalue weighted by molar-refractivity contribution is 0.566. The zero-order valence-electron chi connectivity index (χ0n) is 28.6. The van der Waals surface area contributed by atoms with Gasteiger partial charge in [-0.1, -0.05) is 0 Å². The summed E-state index contributed by atoms with van der Waals surface area (Å²) in [7, 11) is 0. The van der Waals surface area contributed by atoms with E-state index in [-0.39, 0.29) is 69.2 Å². The first kappa shape index (κ1) is 34.7. The van der Waals surface area contributed by atoms with Gasteiger partial charge in [-0.2, -0.15) is 35.1 Å². The van der Waals surface area contributed by atoms with Crippen molar-refractivity contribution in [2.24, 2.45) is 0 Å². The molecule has 4 N–H and O–H groups in total. The average molecular weight is 761 g/mol. The minimum Gasteiger partial charge on any atom is -0.327 e. The van der Waals surface area contributed by atoms with Gasteiger partial charge in [0.1, 0.15) is 69.2 Å². The van der Waals surface area contributed by atoms with Crippen LogP contribution in [0.2, 0.25) is 0 Å². The fourth-order valence-corrected chi connectivity index (χ4v) is 7.35. The Labute approximate surface area is 313 Å². The lowest BCUT2D eigenvalue weighted by atomic mass is 9.91. The fourth-order valence-electron chi connectivity index (χ4n) is 7.35. The van der Waals surface area contributed by atoms with Crippen LogP contribution in [-0.2, 0) is 0 Å². The van der Waals surface area contributed by atoms with Crippen LogP contribution in [0.4, 0.5) is 35.1 Å². The molecule has 9 rings (SSSR count). The third-order valence-corrected chi connectivity index (χ3v) is 9.75. The number of rotatable bonds is 4. The lowest BCUT2D eigenvalue weighted by Gasteiger charge is -2.14. The molecular weight excluding hydrogens is 736 g/mol. The van der Waals surface area contributed by atoms with Crippen molar-refractivity contribution in [1.29, 1.82) is 0 Å². The average Bonchev–Trinajstić information content (AvgIpc) is 4.00. The summed E-state index contributed by atoms with van der Waals surface area (Å²) in [6.45, 7) is 0. The summed E-state index contributed by atoms with van der Waals surface area (Å²) >= 11 is 0. The first-order valence-corrected chi connectivity index (χ1v) is 17.1. The van der Waals surface area contributed by atoms with Crippen LogP contribution in [-0.4, -0.2) is 19.9 Å². The van der Waals surface area contributed by atoms with E-state index in [0.717, 1.165) is 48.5 Å². The summed E-state index contributed by atoms with van der Waals surface area (Å²) in [6.07, 6.45) is 0. The number of nitrogens with one attached hydrogen (secondary N) is 4. The standard InChI is InChI=1S/C44H24F8N4/c45-21-5-1-6-22(46)37(21)41-29-13-15-31(53-29)42(38-23(47)7-2-8-24(38)48)33-17-19-35(55-33)44(40-27(51)11-4-12-28(40)52)36-20-18-34(56-36)43(32-16-14-30(41)54-32)39-25(49)9-3-10-26(39)50/h1-20,53-56H/q+4. The van der Waals surface area contributed by atoms with E-state index in [9.17, 15) is 0 Å². The predicted molar refractivity (Wildman–Crippen MR) is 191 cm³/mol. The van der Waals surface area contributed by atoms with Crippen molar-refractivity contribution < 1.29 is 35.1 Å². The third kappa shape index (κ3) is 5.60. The molecule has 8 bridgehead atoms. The summed E-state index contributed by atoms with van der Waals surface area (Å²) in [5.74, 6) is -7.78. The molecule has 0 aliphatic carbocycles. The molecule has 56 heavy (non-hydrogen) atoms. The van der Waals surface area contributed by atoms with E-state index in [1.165, 1.54) is 72.8 Å². The van der Waals surface area contributed by atoms with Gasteiger partial charge in [0.15, 0.2) is 68.8 Å².